The molecular formula is C17H34N2O3. The molecule has 5 nitrogen and oxygen atoms in total. The first-order chi connectivity index (χ1) is 10.4. The Hall–Kier alpha value is -0.810. The summed E-state index contributed by atoms with van der Waals surface area (Å²) in [7, 11) is 0. The zero-order valence-electron chi connectivity index (χ0n) is 14.7. The van der Waals surface area contributed by atoms with E-state index < -0.39 is 5.60 Å². The molecule has 0 unspecified atom stereocenters. The van der Waals surface area contributed by atoms with Gasteiger partial charge in [-0.05, 0) is 46.0 Å². The molecule has 0 saturated heterocycles. The lowest BCUT2D eigenvalue weighted by molar-refractivity contribution is -0.0622. The van der Waals surface area contributed by atoms with Crippen LogP contribution in [0.2, 0.25) is 0 Å². The van der Waals surface area contributed by atoms with Gasteiger partial charge in [-0.2, -0.15) is 0 Å². The summed E-state index contributed by atoms with van der Waals surface area (Å²) in [4.78, 5) is 19.7. The average molecular weight is 314 g/mol. The molecule has 22 heavy (non-hydrogen) atoms. The maximum absolute atomic E-state index is 12.5. The van der Waals surface area contributed by atoms with Gasteiger partial charge in [-0.25, -0.2) is 10.3 Å². The minimum atomic E-state index is -0.425. The van der Waals surface area contributed by atoms with Crippen molar-refractivity contribution < 1.29 is 14.7 Å². The van der Waals surface area contributed by atoms with Crippen molar-refractivity contribution in [3.63, 3.8) is 0 Å². The third-order valence-corrected chi connectivity index (χ3v) is 4.23. The van der Waals surface area contributed by atoms with Gasteiger partial charge in [-0.15, -0.1) is 0 Å². The monoisotopic (exact) mass is 314 g/mol. The second-order valence-electron chi connectivity index (χ2n) is 7.29. The molecule has 0 aliphatic heterocycles. The molecule has 0 heterocycles. The standard InChI is InChI=1S/C17H34N2O3/c1-5-9-15(14-10-7-6-8-11-14)19(12-13-20)16(21)18-22-17(2,3)4/h14-15,20H,5-13H2,1-4H3,(H,18,21)/t15-/m0/s1. The van der Waals surface area contributed by atoms with Crippen LogP contribution in [-0.4, -0.2) is 40.8 Å². The van der Waals surface area contributed by atoms with E-state index in [0.29, 0.717) is 12.5 Å². The van der Waals surface area contributed by atoms with Gasteiger partial charge in [0.1, 0.15) is 0 Å². The number of hydrogen-bond acceptors (Lipinski definition) is 3. The highest BCUT2D eigenvalue weighted by atomic mass is 16.7. The first-order valence-electron chi connectivity index (χ1n) is 8.74. The summed E-state index contributed by atoms with van der Waals surface area (Å²) in [5.74, 6) is 0.542. The molecule has 1 rings (SSSR count). The van der Waals surface area contributed by atoms with E-state index in [2.05, 4.69) is 12.4 Å². The van der Waals surface area contributed by atoms with Crippen LogP contribution in [0.4, 0.5) is 4.79 Å². The highest BCUT2D eigenvalue weighted by Gasteiger charge is 2.31. The Morgan fingerprint density at radius 3 is 2.45 bits per heavy atom. The Morgan fingerprint density at radius 1 is 1.32 bits per heavy atom. The van der Waals surface area contributed by atoms with E-state index in [1.54, 1.807) is 4.90 Å². The largest absolute Gasteiger partial charge is 0.395 e. The van der Waals surface area contributed by atoms with Gasteiger partial charge in [-0.1, -0.05) is 32.6 Å². The minimum Gasteiger partial charge on any atom is -0.395 e. The molecule has 1 fully saturated rings. The van der Waals surface area contributed by atoms with Gasteiger partial charge in [-0.3, -0.25) is 4.84 Å². The first kappa shape index (κ1) is 19.2. The first-order valence-corrected chi connectivity index (χ1v) is 8.74. The molecule has 0 aromatic heterocycles. The summed E-state index contributed by atoms with van der Waals surface area (Å²) in [6, 6.07) is -0.0333. The number of aliphatic hydroxyl groups excluding tert-OH is 1. The van der Waals surface area contributed by atoms with Crippen LogP contribution in [0.25, 0.3) is 0 Å². The maximum Gasteiger partial charge on any atom is 0.341 e. The second kappa shape index (κ2) is 9.36. The normalized spacial score (nSPS) is 18.0. The molecule has 0 aromatic rings. The number of aliphatic hydroxyl groups is 1. The van der Waals surface area contributed by atoms with Crippen molar-refractivity contribution in [2.75, 3.05) is 13.2 Å². The summed E-state index contributed by atoms with van der Waals surface area (Å²) in [6.45, 7) is 8.18. The van der Waals surface area contributed by atoms with Gasteiger partial charge >= 0.3 is 6.03 Å². The Labute approximate surface area is 135 Å². The van der Waals surface area contributed by atoms with Gasteiger partial charge in [0.25, 0.3) is 0 Å². The number of nitrogens with zero attached hydrogens (tertiary/aromatic N) is 1. The molecule has 2 N–H and O–H groups in total. The quantitative estimate of drug-likeness (QED) is 0.707. The van der Waals surface area contributed by atoms with Gasteiger partial charge in [0.15, 0.2) is 0 Å². The average Bonchev–Trinajstić information content (AvgIpc) is 2.48. The van der Waals surface area contributed by atoms with Gasteiger partial charge in [0.2, 0.25) is 0 Å². The molecule has 1 saturated carbocycles. The molecule has 0 aromatic carbocycles. The van der Waals surface area contributed by atoms with Crippen molar-refractivity contribution in [3.05, 3.63) is 0 Å². The molecule has 2 amide bonds. The highest BCUT2D eigenvalue weighted by Crippen LogP contribution is 2.31. The predicted octanol–water partition coefficient (Wildman–Crippen LogP) is 3.47. The maximum atomic E-state index is 12.5. The molecule has 0 bridgehead atoms. The zero-order chi connectivity index (χ0) is 16.6. The Balaban J connectivity index is 2.75. The fourth-order valence-corrected chi connectivity index (χ4v) is 3.24. The Morgan fingerprint density at radius 2 is 1.95 bits per heavy atom. The number of amides is 2. The van der Waals surface area contributed by atoms with E-state index in [4.69, 9.17) is 4.84 Å². The molecule has 5 heteroatoms. The van der Waals surface area contributed by atoms with E-state index in [0.717, 1.165) is 12.8 Å². The zero-order valence-corrected chi connectivity index (χ0v) is 14.7. The number of carbonyl (C=O) groups is 1. The van der Waals surface area contributed by atoms with Gasteiger partial charge < -0.3 is 10.0 Å². The number of hydrogen-bond donors (Lipinski definition) is 2. The van der Waals surface area contributed by atoms with Crippen LogP contribution in [0.3, 0.4) is 0 Å². The second-order valence-corrected chi connectivity index (χ2v) is 7.29. The van der Waals surface area contributed by atoms with Crippen LogP contribution in [0.1, 0.15) is 72.6 Å². The van der Waals surface area contributed by atoms with Crippen LogP contribution in [0.15, 0.2) is 0 Å². The molecule has 0 spiro atoms. The summed E-state index contributed by atoms with van der Waals surface area (Å²) in [5, 5.41) is 9.37. The third kappa shape index (κ3) is 6.53. The molecular weight excluding hydrogens is 280 g/mol. The van der Waals surface area contributed by atoms with Crippen LogP contribution < -0.4 is 5.48 Å². The Kier molecular flexibility index (Phi) is 8.18. The number of urea groups is 1. The van der Waals surface area contributed by atoms with Crippen molar-refractivity contribution in [1.82, 2.24) is 10.4 Å². The van der Waals surface area contributed by atoms with E-state index in [-0.39, 0.29) is 18.7 Å². The molecule has 1 aliphatic carbocycles. The lowest BCUT2D eigenvalue weighted by atomic mass is 9.81. The number of rotatable bonds is 7. The molecule has 0 radical (unpaired) electrons. The Bertz CT molecular complexity index is 322. The summed E-state index contributed by atoms with van der Waals surface area (Å²) >= 11 is 0. The van der Waals surface area contributed by atoms with E-state index in [1.165, 1.54) is 32.1 Å². The van der Waals surface area contributed by atoms with Crippen LogP contribution in [-0.2, 0) is 4.84 Å². The smallest absolute Gasteiger partial charge is 0.341 e. The number of carbonyl (C=O) groups excluding carboxylic acids is 1. The van der Waals surface area contributed by atoms with E-state index in [1.807, 2.05) is 20.8 Å². The van der Waals surface area contributed by atoms with Crippen molar-refractivity contribution in [2.45, 2.75) is 84.3 Å². The van der Waals surface area contributed by atoms with Crippen molar-refractivity contribution >= 4 is 6.03 Å². The van der Waals surface area contributed by atoms with E-state index in [9.17, 15) is 9.90 Å². The van der Waals surface area contributed by atoms with Crippen molar-refractivity contribution in [3.8, 4) is 0 Å². The highest BCUT2D eigenvalue weighted by molar-refractivity contribution is 5.73. The van der Waals surface area contributed by atoms with Gasteiger partial charge in [0, 0.05) is 12.6 Å². The fraction of sp³-hybridized carbons (Fsp3) is 0.941. The van der Waals surface area contributed by atoms with Gasteiger partial charge in [0.05, 0.1) is 12.2 Å². The number of hydroxylamine groups is 1. The molecule has 130 valence electrons. The van der Waals surface area contributed by atoms with Crippen LogP contribution in [0, 0.1) is 5.92 Å². The van der Waals surface area contributed by atoms with E-state index >= 15 is 0 Å². The minimum absolute atomic E-state index is 0.0180. The number of nitrogens with one attached hydrogen (secondary N) is 1. The lowest BCUT2D eigenvalue weighted by Crippen LogP contribution is -2.51. The fourth-order valence-electron chi connectivity index (χ4n) is 3.24. The van der Waals surface area contributed by atoms with Crippen LogP contribution in [0.5, 0.6) is 0 Å². The predicted molar refractivity (Wildman–Crippen MR) is 88.4 cm³/mol. The third-order valence-electron chi connectivity index (χ3n) is 4.23. The van der Waals surface area contributed by atoms with Crippen LogP contribution >= 0.6 is 0 Å². The SMILES string of the molecule is CCC[C@@H](C1CCCCC1)N(CCO)C(=O)NOC(C)(C)C. The van der Waals surface area contributed by atoms with Crippen molar-refractivity contribution in [2.24, 2.45) is 5.92 Å². The summed E-state index contributed by atoms with van der Waals surface area (Å²) < 4.78 is 0. The summed E-state index contributed by atoms with van der Waals surface area (Å²) in [6.07, 6.45) is 8.18. The van der Waals surface area contributed by atoms with Crippen molar-refractivity contribution in [1.29, 1.82) is 0 Å². The molecule has 1 aliphatic rings. The topological polar surface area (TPSA) is 61.8 Å². The lowest BCUT2D eigenvalue weighted by Gasteiger charge is -2.39. The summed E-state index contributed by atoms with van der Waals surface area (Å²) in [5.41, 5.74) is 2.14. The molecule has 1 atom stereocenters.